The third kappa shape index (κ3) is 3.40. The van der Waals surface area contributed by atoms with Gasteiger partial charge in [-0.1, -0.05) is 18.7 Å². The average molecular weight is 255 g/mol. The summed E-state index contributed by atoms with van der Waals surface area (Å²) >= 11 is 0. The first kappa shape index (κ1) is 13.4. The molecule has 0 aromatic heterocycles. The van der Waals surface area contributed by atoms with Gasteiger partial charge in [0.1, 0.15) is 12.5 Å². The molecule has 0 saturated heterocycles. The minimum absolute atomic E-state index is 0.00746. The zero-order chi connectivity index (χ0) is 12.9. The van der Waals surface area contributed by atoms with Gasteiger partial charge >= 0.3 is 5.97 Å². The zero-order valence-electron chi connectivity index (χ0n) is 9.13. The van der Waals surface area contributed by atoms with E-state index in [-0.39, 0.29) is 17.1 Å². The van der Waals surface area contributed by atoms with Crippen molar-refractivity contribution >= 4 is 15.8 Å². The molecule has 0 bridgehead atoms. The number of carbonyl (C=O) groups excluding carboxylic acids is 1. The average Bonchev–Trinajstić information content (AvgIpc) is 2.36. The molecule has 0 radical (unpaired) electrons. The molecule has 0 saturated carbocycles. The number of carbonyl (C=O) groups is 1. The largest absolute Gasteiger partial charge is 0.458 e. The summed E-state index contributed by atoms with van der Waals surface area (Å²) in [6.45, 7) is 3.48. The molecule has 1 rings (SSSR count). The summed E-state index contributed by atoms with van der Waals surface area (Å²) in [5.41, 5.74) is 5.30. The predicted molar refractivity (Wildman–Crippen MR) is 63.2 cm³/mol. The van der Waals surface area contributed by atoms with Gasteiger partial charge in [0.2, 0.25) is 0 Å². The molecule has 0 aliphatic rings. The van der Waals surface area contributed by atoms with E-state index in [2.05, 4.69) is 6.58 Å². The van der Waals surface area contributed by atoms with Crippen molar-refractivity contribution in [3.05, 3.63) is 42.5 Å². The maximum Gasteiger partial charge on any atom is 0.338 e. The van der Waals surface area contributed by atoms with Gasteiger partial charge in [-0.15, -0.1) is 0 Å². The highest BCUT2D eigenvalue weighted by Gasteiger charge is 2.14. The Balaban J connectivity index is 3.01. The Labute approximate surface area is 99.8 Å². The topological polar surface area (TPSA) is 86.5 Å². The van der Waals surface area contributed by atoms with Gasteiger partial charge < -0.3 is 10.5 Å². The number of esters is 1. The first-order valence-electron chi connectivity index (χ1n) is 4.82. The fraction of sp³-hybridized carbons (Fsp3) is 0.182. The van der Waals surface area contributed by atoms with E-state index in [0.717, 1.165) is 0 Å². The smallest absolute Gasteiger partial charge is 0.338 e. The van der Waals surface area contributed by atoms with Crippen LogP contribution in [0.25, 0.3) is 0 Å². The summed E-state index contributed by atoms with van der Waals surface area (Å²) in [4.78, 5) is 11.5. The molecule has 1 aromatic rings. The summed E-state index contributed by atoms with van der Waals surface area (Å²) < 4.78 is 27.8. The minimum Gasteiger partial charge on any atom is -0.458 e. The van der Waals surface area contributed by atoms with Gasteiger partial charge in [-0.2, -0.15) is 0 Å². The highest BCUT2D eigenvalue weighted by molar-refractivity contribution is 7.91. The highest BCUT2D eigenvalue weighted by atomic mass is 32.2. The molecule has 0 atom stereocenters. The summed E-state index contributed by atoms with van der Waals surface area (Å²) in [6, 6.07) is 5.56. The van der Waals surface area contributed by atoms with Crippen LogP contribution in [-0.2, 0) is 14.6 Å². The Morgan fingerprint density at radius 3 is 2.76 bits per heavy atom. The lowest BCUT2D eigenvalue weighted by molar-refractivity contribution is 0.0549. The molecular formula is C11H13NO4S. The van der Waals surface area contributed by atoms with Gasteiger partial charge in [0.05, 0.1) is 10.5 Å². The van der Waals surface area contributed by atoms with Gasteiger partial charge in [-0.25, -0.2) is 13.2 Å². The molecule has 0 aliphatic carbocycles. The van der Waals surface area contributed by atoms with Crippen molar-refractivity contribution in [2.75, 3.05) is 12.5 Å². The van der Waals surface area contributed by atoms with Crippen molar-refractivity contribution < 1.29 is 17.9 Å². The number of hydrogen-bond donors (Lipinski definition) is 1. The van der Waals surface area contributed by atoms with Crippen molar-refractivity contribution in [2.24, 2.45) is 5.73 Å². The van der Waals surface area contributed by atoms with E-state index < -0.39 is 21.7 Å². The summed E-state index contributed by atoms with van der Waals surface area (Å²) in [7, 11) is -3.52. The highest BCUT2D eigenvalue weighted by Crippen LogP contribution is 2.13. The molecular weight excluding hydrogens is 242 g/mol. The second kappa shape index (κ2) is 5.60. The minimum atomic E-state index is -3.52. The Morgan fingerprint density at radius 1 is 1.47 bits per heavy atom. The van der Waals surface area contributed by atoms with Gasteiger partial charge in [0, 0.05) is 0 Å². The van der Waals surface area contributed by atoms with E-state index in [0.29, 0.717) is 0 Å². The molecule has 2 N–H and O–H groups in total. The van der Waals surface area contributed by atoms with E-state index in [1.54, 1.807) is 0 Å². The molecule has 0 heterocycles. The number of sulfone groups is 1. The van der Waals surface area contributed by atoms with Crippen LogP contribution in [0.4, 0.5) is 0 Å². The molecule has 0 aliphatic heterocycles. The van der Waals surface area contributed by atoms with Crippen LogP contribution in [0, 0.1) is 0 Å². The van der Waals surface area contributed by atoms with Gasteiger partial charge in [-0.3, -0.25) is 0 Å². The van der Waals surface area contributed by atoms with E-state index in [4.69, 9.17) is 10.5 Å². The third-order valence-electron chi connectivity index (χ3n) is 1.98. The van der Waals surface area contributed by atoms with Crippen molar-refractivity contribution in [1.29, 1.82) is 0 Å². The van der Waals surface area contributed by atoms with Gasteiger partial charge in [0.25, 0.3) is 0 Å². The van der Waals surface area contributed by atoms with E-state index in [9.17, 15) is 13.2 Å². The van der Waals surface area contributed by atoms with Gasteiger partial charge in [-0.05, 0) is 18.2 Å². The van der Waals surface area contributed by atoms with Crippen molar-refractivity contribution in [3.8, 4) is 0 Å². The molecule has 92 valence electrons. The first-order chi connectivity index (χ1) is 8.01. The predicted octanol–water partition coefficient (Wildman–Crippen LogP) is 0.719. The number of hydrogen-bond acceptors (Lipinski definition) is 5. The lowest BCUT2D eigenvalue weighted by Gasteiger charge is -2.04. The van der Waals surface area contributed by atoms with E-state index >= 15 is 0 Å². The van der Waals surface area contributed by atoms with E-state index in [1.807, 2.05) is 0 Å². The lowest BCUT2D eigenvalue weighted by Crippen LogP contribution is -2.15. The summed E-state index contributed by atoms with van der Waals surface area (Å²) in [5, 5.41) is 0. The molecule has 17 heavy (non-hydrogen) atoms. The maximum absolute atomic E-state index is 11.5. The van der Waals surface area contributed by atoms with Crippen molar-refractivity contribution in [2.45, 2.75) is 4.90 Å². The molecule has 5 nitrogen and oxygen atoms in total. The lowest BCUT2D eigenvalue weighted by atomic mass is 10.2. The number of ether oxygens (including phenoxy) is 1. The van der Waals surface area contributed by atoms with Crippen LogP contribution in [0.1, 0.15) is 10.4 Å². The zero-order valence-corrected chi connectivity index (χ0v) is 9.94. The van der Waals surface area contributed by atoms with Gasteiger partial charge in [0.15, 0.2) is 9.84 Å². The Kier molecular flexibility index (Phi) is 4.42. The Morgan fingerprint density at radius 2 is 2.18 bits per heavy atom. The third-order valence-corrected chi connectivity index (χ3v) is 3.39. The van der Waals surface area contributed by atoms with Crippen LogP contribution in [0.3, 0.4) is 0 Å². The fourth-order valence-corrected chi connectivity index (χ4v) is 1.92. The quantitative estimate of drug-likeness (QED) is 0.619. The number of rotatable bonds is 5. The SMILES string of the molecule is C=CCOC(=O)c1cccc(S(=O)(=O)CN)c1. The number of nitrogens with two attached hydrogens (primary N) is 1. The van der Waals surface area contributed by atoms with Crippen LogP contribution in [0.5, 0.6) is 0 Å². The normalized spacial score (nSPS) is 10.9. The van der Waals surface area contributed by atoms with E-state index in [1.165, 1.54) is 30.3 Å². The monoisotopic (exact) mass is 255 g/mol. The molecule has 0 fully saturated rings. The van der Waals surface area contributed by atoms with Crippen LogP contribution >= 0.6 is 0 Å². The maximum atomic E-state index is 11.5. The molecule has 0 amide bonds. The van der Waals surface area contributed by atoms with Crippen LogP contribution in [0.2, 0.25) is 0 Å². The van der Waals surface area contributed by atoms with Crippen molar-refractivity contribution in [1.82, 2.24) is 0 Å². The second-order valence-corrected chi connectivity index (χ2v) is 5.23. The van der Waals surface area contributed by atoms with Crippen LogP contribution in [0.15, 0.2) is 41.8 Å². The standard InChI is InChI=1S/C11H13NO4S/c1-2-6-16-11(13)9-4-3-5-10(7-9)17(14,15)8-12/h2-5,7H,1,6,8,12H2. The number of benzene rings is 1. The molecule has 0 unspecified atom stereocenters. The summed E-state index contributed by atoms with van der Waals surface area (Å²) in [5.74, 6) is -1.10. The van der Waals surface area contributed by atoms with Crippen LogP contribution in [-0.4, -0.2) is 26.9 Å². The molecule has 0 spiro atoms. The van der Waals surface area contributed by atoms with Crippen LogP contribution < -0.4 is 5.73 Å². The summed E-state index contributed by atoms with van der Waals surface area (Å²) in [6.07, 6.45) is 1.43. The second-order valence-electron chi connectivity index (χ2n) is 3.20. The van der Waals surface area contributed by atoms with Crippen molar-refractivity contribution in [3.63, 3.8) is 0 Å². The first-order valence-corrected chi connectivity index (χ1v) is 6.47. The molecule has 6 heteroatoms. The molecule has 1 aromatic carbocycles. The fourth-order valence-electron chi connectivity index (χ4n) is 1.13. The Bertz CT molecular complexity index is 522. The Hall–Kier alpha value is -1.66.